The number of benzene rings is 1. The number of nitrogens with zero attached hydrogens (tertiary/aromatic N) is 2. The fraction of sp³-hybridized carbons (Fsp3) is 0.368. The topological polar surface area (TPSA) is 68.3 Å². The second kappa shape index (κ2) is 6.51. The first-order chi connectivity index (χ1) is 11.5. The highest BCUT2D eigenvalue weighted by molar-refractivity contribution is 6.07. The van der Waals surface area contributed by atoms with Crippen LogP contribution in [-0.4, -0.2) is 33.9 Å². The lowest BCUT2D eigenvalue weighted by atomic mass is 9.92. The van der Waals surface area contributed by atoms with E-state index in [1.54, 1.807) is 4.90 Å². The molecule has 1 aliphatic rings. The molecule has 2 atom stereocenters. The summed E-state index contributed by atoms with van der Waals surface area (Å²) in [5.74, 6) is -0.618. The standard InChI is InChI=1S/C19H23N3O2/c1-3-10-21-12-16(15-6-4-5-7-17(15)21)19(24)22-11-14(18(20)23)9-8-13(22)2/h3-7,12-14H,1,8-11H2,2H3,(H2,20,23). The van der Waals surface area contributed by atoms with Crippen molar-refractivity contribution in [2.45, 2.75) is 32.4 Å². The van der Waals surface area contributed by atoms with Crippen molar-refractivity contribution >= 4 is 22.7 Å². The summed E-state index contributed by atoms with van der Waals surface area (Å²) in [6.45, 7) is 6.85. The Bertz CT molecular complexity index is 793. The fourth-order valence-electron chi connectivity index (χ4n) is 3.48. The zero-order chi connectivity index (χ0) is 17.3. The molecule has 2 amide bonds. The Labute approximate surface area is 141 Å². The van der Waals surface area contributed by atoms with Crippen molar-refractivity contribution in [3.8, 4) is 0 Å². The number of aromatic nitrogens is 1. The van der Waals surface area contributed by atoms with Crippen LogP contribution in [0.25, 0.3) is 10.9 Å². The van der Waals surface area contributed by atoms with Gasteiger partial charge in [-0.25, -0.2) is 0 Å². The van der Waals surface area contributed by atoms with E-state index in [4.69, 9.17) is 5.73 Å². The smallest absolute Gasteiger partial charge is 0.256 e. The van der Waals surface area contributed by atoms with Gasteiger partial charge in [-0.15, -0.1) is 6.58 Å². The van der Waals surface area contributed by atoms with Crippen molar-refractivity contribution in [3.05, 3.63) is 48.7 Å². The quantitative estimate of drug-likeness (QED) is 0.878. The zero-order valence-electron chi connectivity index (χ0n) is 13.9. The summed E-state index contributed by atoms with van der Waals surface area (Å²) in [5.41, 5.74) is 7.14. The fourth-order valence-corrected chi connectivity index (χ4v) is 3.48. The van der Waals surface area contributed by atoms with Crippen LogP contribution in [0.5, 0.6) is 0 Å². The van der Waals surface area contributed by atoms with E-state index in [0.29, 0.717) is 18.7 Å². The van der Waals surface area contributed by atoms with Crippen molar-refractivity contribution < 1.29 is 9.59 Å². The molecule has 5 nitrogen and oxygen atoms in total. The van der Waals surface area contributed by atoms with E-state index in [2.05, 4.69) is 6.58 Å². The van der Waals surface area contributed by atoms with E-state index >= 15 is 0 Å². The van der Waals surface area contributed by atoms with Gasteiger partial charge in [-0.3, -0.25) is 9.59 Å². The van der Waals surface area contributed by atoms with Gasteiger partial charge in [0, 0.05) is 36.2 Å². The van der Waals surface area contributed by atoms with Gasteiger partial charge in [-0.2, -0.15) is 0 Å². The molecule has 2 heterocycles. The molecule has 2 unspecified atom stereocenters. The van der Waals surface area contributed by atoms with E-state index in [9.17, 15) is 9.59 Å². The largest absolute Gasteiger partial charge is 0.369 e. The van der Waals surface area contributed by atoms with Crippen molar-refractivity contribution in [1.82, 2.24) is 9.47 Å². The first-order valence-electron chi connectivity index (χ1n) is 8.32. The van der Waals surface area contributed by atoms with E-state index < -0.39 is 0 Å². The van der Waals surface area contributed by atoms with Crippen LogP contribution in [0.2, 0.25) is 0 Å². The van der Waals surface area contributed by atoms with Gasteiger partial charge >= 0.3 is 0 Å². The van der Waals surface area contributed by atoms with Crippen LogP contribution in [0.4, 0.5) is 0 Å². The van der Waals surface area contributed by atoms with Crippen LogP contribution in [0.15, 0.2) is 43.1 Å². The number of para-hydroxylation sites is 1. The van der Waals surface area contributed by atoms with Gasteiger partial charge in [0.05, 0.1) is 11.5 Å². The minimum absolute atomic E-state index is 0.0348. The number of rotatable bonds is 4. The predicted molar refractivity (Wildman–Crippen MR) is 94.6 cm³/mol. The number of amides is 2. The molecule has 24 heavy (non-hydrogen) atoms. The number of nitrogens with two attached hydrogens (primary N) is 1. The molecular formula is C19H23N3O2. The molecule has 0 spiro atoms. The molecule has 0 saturated carbocycles. The average molecular weight is 325 g/mol. The summed E-state index contributed by atoms with van der Waals surface area (Å²) >= 11 is 0. The summed E-state index contributed by atoms with van der Waals surface area (Å²) in [7, 11) is 0. The molecule has 126 valence electrons. The van der Waals surface area contributed by atoms with Crippen LogP contribution >= 0.6 is 0 Å². The first kappa shape index (κ1) is 16.3. The molecule has 2 N–H and O–H groups in total. The SMILES string of the molecule is C=CCn1cc(C(=O)N2CC(C(N)=O)CCC2C)c2ccccc21. The number of likely N-dealkylation sites (tertiary alicyclic amines) is 1. The third kappa shape index (κ3) is 2.82. The van der Waals surface area contributed by atoms with Gasteiger partial charge in [0.1, 0.15) is 0 Å². The third-order valence-electron chi connectivity index (χ3n) is 4.89. The monoisotopic (exact) mass is 325 g/mol. The maximum absolute atomic E-state index is 13.1. The molecule has 1 fully saturated rings. The summed E-state index contributed by atoms with van der Waals surface area (Å²) in [6, 6.07) is 7.96. The third-order valence-corrected chi connectivity index (χ3v) is 4.89. The normalized spacial score (nSPS) is 21.0. The van der Waals surface area contributed by atoms with Gasteiger partial charge in [-0.05, 0) is 25.8 Å². The van der Waals surface area contributed by atoms with E-state index in [1.807, 2.05) is 48.0 Å². The summed E-state index contributed by atoms with van der Waals surface area (Å²) in [5, 5.41) is 0.928. The van der Waals surface area contributed by atoms with Crippen LogP contribution < -0.4 is 5.73 Å². The maximum atomic E-state index is 13.1. The van der Waals surface area contributed by atoms with Gasteiger partial charge in [-0.1, -0.05) is 24.3 Å². The Morgan fingerprint density at radius 1 is 1.33 bits per heavy atom. The van der Waals surface area contributed by atoms with E-state index in [-0.39, 0.29) is 23.8 Å². The van der Waals surface area contributed by atoms with Gasteiger partial charge in [0.15, 0.2) is 0 Å². The maximum Gasteiger partial charge on any atom is 0.256 e. The predicted octanol–water partition coefficient (Wildman–Crippen LogP) is 2.55. The van der Waals surface area contributed by atoms with Gasteiger partial charge in [0.2, 0.25) is 5.91 Å². The first-order valence-corrected chi connectivity index (χ1v) is 8.32. The number of piperidine rings is 1. The minimum Gasteiger partial charge on any atom is -0.369 e. The van der Waals surface area contributed by atoms with Gasteiger partial charge < -0.3 is 15.2 Å². The molecule has 1 aromatic carbocycles. The van der Waals surface area contributed by atoms with Gasteiger partial charge in [0.25, 0.3) is 5.91 Å². The number of primary amides is 1. The van der Waals surface area contributed by atoms with E-state index in [0.717, 1.165) is 23.7 Å². The molecule has 1 saturated heterocycles. The Morgan fingerprint density at radius 2 is 2.08 bits per heavy atom. The second-order valence-electron chi connectivity index (χ2n) is 6.48. The zero-order valence-corrected chi connectivity index (χ0v) is 13.9. The Hall–Kier alpha value is -2.56. The second-order valence-corrected chi connectivity index (χ2v) is 6.48. The number of fused-ring (bicyclic) bond motifs is 1. The number of allylic oxidation sites excluding steroid dienone is 1. The number of hydrogen-bond acceptors (Lipinski definition) is 2. The molecule has 1 aromatic heterocycles. The molecule has 0 aliphatic carbocycles. The van der Waals surface area contributed by atoms with Crippen LogP contribution in [0.1, 0.15) is 30.1 Å². The van der Waals surface area contributed by atoms with Crippen LogP contribution in [-0.2, 0) is 11.3 Å². The number of carbonyl (C=O) groups is 2. The van der Waals surface area contributed by atoms with Crippen molar-refractivity contribution in [1.29, 1.82) is 0 Å². The van der Waals surface area contributed by atoms with Crippen LogP contribution in [0.3, 0.4) is 0 Å². The molecule has 5 heteroatoms. The molecule has 2 aromatic rings. The van der Waals surface area contributed by atoms with Crippen molar-refractivity contribution in [2.24, 2.45) is 11.7 Å². The molecule has 0 radical (unpaired) electrons. The average Bonchev–Trinajstić information content (AvgIpc) is 2.94. The van der Waals surface area contributed by atoms with Crippen molar-refractivity contribution in [3.63, 3.8) is 0 Å². The summed E-state index contributed by atoms with van der Waals surface area (Å²) in [4.78, 5) is 26.5. The lowest BCUT2D eigenvalue weighted by molar-refractivity contribution is -0.123. The molecule has 3 rings (SSSR count). The number of hydrogen-bond donors (Lipinski definition) is 1. The molecule has 1 aliphatic heterocycles. The Kier molecular flexibility index (Phi) is 4.42. The minimum atomic E-state index is -0.325. The summed E-state index contributed by atoms with van der Waals surface area (Å²) in [6.07, 6.45) is 5.24. The Balaban J connectivity index is 1.98. The van der Waals surface area contributed by atoms with Crippen molar-refractivity contribution in [2.75, 3.05) is 6.54 Å². The highest BCUT2D eigenvalue weighted by Crippen LogP contribution is 2.27. The Morgan fingerprint density at radius 3 is 2.79 bits per heavy atom. The molecule has 0 bridgehead atoms. The lowest BCUT2D eigenvalue weighted by Crippen LogP contribution is -2.48. The molecular weight excluding hydrogens is 302 g/mol. The highest BCUT2D eigenvalue weighted by atomic mass is 16.2. The van der Waals surface area contributed by atoms with Crippen LogP contribution in [0, 0.1) is 5.92 Å². The highest BCUT2D eigenvalue weighted by Gasteiger charge is 2.33. The lowest BCUT2D eigenvalue weighted by Gasteiger charge is -2.36. The summed E-state index contributed by atoms with van der Waals surface area (Å²) < 4.78 is 2.02. The van der Waals surface area contributed by atoms with E-state index in [1.165, 1.54) is 0 Å². The number of carbonyl (C=O) groups excluding carboxylic acids is 2.